The Morgan fingerprint density at radius 1 is 1.22 bits per heavy atom. The van der Waals surface area contributed by atoms with Gasteiger partial charge < -0.3 is 14.8 Å². The van der Waals surface area contributed by atoms with Crippen molar-refractivity contribution in [1.29, 1.82) is 0 Å². The molecule has 1 heterocycles. The van der Waals surface area contributed by atoms with Crippen LogP contribution in [0.15, 0.2) is 41.1 Å². The molecule has 0 aliphatic rings. The number of benzene rings is 1. The number of rotatable bonds is 6. The van der Waals surface area contributed by atoms with Crippen LogP contribution in [0.25, 0.3) is 0 Å². The SMILES string of the molecule is C[C@H](OC(=O)c1ccsc1)C(=O)Nc1ccccc1OC(F)F. The molecule has 5 nitrogen and oxygen atoms in total. The second kappa shape index (κ2) is 7.68. The molecule has 0 aliphatic carbocycles. The van der Waals surface area contributed by atoms with Crippen LogP contribution in [0.1, 0.15) is 17.3 Å². The number of nitrogens with one attached hydrogen (secondary N) is 1. The van der Waals surface area contributed by atoms with E-state index in [1.54, 1.807) is 22.9 Å². The van der Waals surface area contributed by atoms with Crippen LogP contribution in [-0.4, -0.2) is 24.6 Å². The third kappa shape index (κ3) is 4.75. The molecule has 1 atom stereocenters. The molecule has 0 radical (unpaired) electrons. The van der Waals surface area contributed by atoms with Gasteiger partial charge in [0.2, 0.25) is 0 Å². The molecule has 2 aromatic rings. The number of ether oxygens (including phenoxy) is 2. The summed E-state index contributed by atoms with van der Waals surface area (Å²) >= 11 is 1.32. The predicted molar refractivity (Wildman–Crippen MR) is 80.9 cm³/mol. The number of thiophene rings is 1. The van der Waals surface area contributed by atoms with Crippen molar-refractivity contribution in [2.45, 2.75) is 19.6 Å². The molecule has 0 fully saturated rings. The lowest BCUT2D eigenvalue weighted by molar-refractivity contribution is -0.123. The first kappa shape index (κ1) is 16.9. The molecule has 1 N–H and O–H groups in total. The van der Waals surface area contributed by atoms with Crippen LogP contribution < -0.4 is 10.1 Å². The minimum absolute atomic E-state index is 0.0660. The Labute approximate surface area is 134 Å². The number of halogens is 2. The third-order valence-corrected chi connectivity index (χ3v) is 3.45. The van der Waals surface area contributed by atoms with E-state index in [9.17, 15) is 18.4 Å². The van der Waals surface area contributed by atoms with E-state index in [4.69, 9.17) is 4.74 Å². The highest BCUT2D eigenvalue weighted by Crippen LogP contribution is 2.25. The average molecular weight is 341 g/mol. The number of alkyl halides is 2. The number of para-hydroxylation sites is 2. The Bertz CT molecular complexity index is 676. The molecule has 1 amide bonds. The number of carbonyl (C=O) groups excluding carboxylic acids is 2. The van der Waals surface area contributed by atoms with Crippen LogP contribution in [-0.2, 0) is 9.53 Å². The van der Waals surface area contributed by atoms with Crippen LogP contribution >= 0.6 is 11.3 Å². The maximum Gasteiger partial charge on any atom is 0.387 e. The normalized spacial score (nSPS) is 11.8. The van der Waals surface area contributed by atoms with E-state index in [2.05, 4.69) is 10.1 Å². The summed E-state index contributed by atoms with van der Waals surface area (Å²) in [5.74, 6) is -1.46. The highest BCUT2D eigenvalue weighted by Gasteiger charge is 2.20. The summed E-state index contributed by atoms with van der Waals surface area (Å²) in [4.78, 5) is 23.8. The van der Waals surface area contributed by atoms with Gasteiger partial charge in [0.25, 0.3) is 5.91 Å². The summed E-state index contributed by atoms with van der Waals surface area (Å²) in [7, 11) is 0. The predicted octanol–water partition coefficient (Wildman–Crippen LogP) is 3.53. The van der Waals surface area contributed by atoms with Crippen molar-refractivity contribution in [3.8, 4) is 5.75 Å². The first-order valence-electron chi connectivity index (χ1n) is 6.55. The third-order valence-electron chi connectivity index (χ3n) is 2.77. The highest BCUT2D eigenvalue weighted by molar-refractivity contribution is 7.08. The lowest BCUT2D eigenvalue weighted by atomic mass is 10.2. The maximum atomic E-state index is 12.3. The van der Waals surface area contributed by atoms with E-state index in [-0.39, 0.29) is 11.4 Å². The van der Waals surface area contributed by atoms with Crippen LogP contribution in [0.4, 0.5) is 14.5 Å². The van der Waals surface area contributed by atoms with Crippen molar-refractivity contribution in [3.05, 3.63) is 46.7 Å². The van der Waals surface area contributed by atoms with Crippen LogP contribution in [0.5, 0.6) is 5.75 Å². The van der Waals surface area contributed by atoms with Gasteiger partial charge in [-0.3, -0.25) is 4.79 Å². The molecule has 0 saturated heterocycles. The first-order valence-corrected chi connectivity index (χ1v) is 7.49. The number of carbonyl (C=O) groups is 2. The lowest BCUT2D eigenvalue weighted by Gasteiger charge is -2.15. The van der Waals surface area contributed by atoms with Crippen molar-refractivity contribution in [3.63, 3.8) is 0 Å². The van der Waals surface area contributed by atoms with Gasteiger partial charge in [-0.15, -0.1) is 0 Å². The van der Waals surface area contributed by atoms with Crippen molar-refractivity contribution in [2.24, 2.45) is 0 Å². The summed E-state index contributed by atoms with van der Waals surface area (Å²) in [5, 5.41) is 5.70. The summed E-state index contributed by atoms with van der Waals surface area (Å²) in [6, 6.07) is 7.32. The van der Waals surface area contributed by atoms with Crippen molar-refractivity contribution < 1.29 is 27.8 Å². The Morgan fingerprint density at radius 2 is 1.96 bits per heavy atom. The van der Waals surface area contributed by atoms with Gasteiger partial charge in [0.1, 0.15) is 5.75 Å². The summed E-state index contributed by atoms with van der Waals surface area (Å²) in [6.07, 6.45) is -1.10. The summed E-state index contributed by atoms with van der Waals surface area (Å²) in [6.45, 7) is -1.63. The van der Waals surface area contributed by atoms with Crippen molar-refractivity contribution in [1.82, 2.24) is 0 Å². The molecule has 0 aliphatic heterocycles. The maximum absolute atomic E-state index is 12.3. The van der Waals surface area contributed by atoms with Crippen LogP contribution in [0.3, 0.4) is 0 Å². The molecular formula is C15H13F2NO4S. The zero-order chi connectivity index (χ0) is 16.8. The molecule has 8 heteroatoms. The molecule has 122 valence electrons. The molecule has 0 saturated carbocycles. The fourth-order valence-electron chi connectivity index (χ4n) is 1.67. The highest BCUT2D eigenvalue weighted by atomic mass is 32.1. The zero-order valence-electron chi connectivity index (χ0n) is 12.0. The minimum atomic E-state index is -3.01. The molecule has 2 rings (SSSR count). The smallest absolute Gasteiger partial charge is 0.387 e. The number of amides is 1. The number of esters is 1. The monoisotopic (exact) mass is 341 g/mol. The van der Waals surface area contributed by atoms with Gasteiger partial charge in [-0.2, -0.15) is 20.1 Å². The minimum Gasteiger partial charge on any atom is -0.449 e. The summed E-state index contributed by atoms with van der Waals surface area (Å²) in [5.41, 5.74) is 0.410. The molecule has 0 bridgehead atoms. The van der Waals surface area contributed by atoms with Gasteiger partial charge in [0, 0.05) is 5.38 Å². The van der Waals surface area contributed by atoms with Gasteiger partial charge in [0.15, 0.2) is 6.10 Å². The molecule has 1 aromatic heterocycles. The number of hydrogen-bond acceptors (Lipinski definition) is 5. The van der Waals surface area contributed by atoms with E-state index in [0.717, 1.165) is 0 Å². The molecule has 0 unspecified atom stereocenters. The fraction of sp³-hybridized carbons (Fsp3) is 0.200. The van der Waals surface area contributed by atoms with E-state index in [0.29, 0.717) is 5.56 Å². The lowest BCUT2D eigenvalue weighted by Crippen LogP contribution is -2.30. The van der Waals surface area contributed by atoms with Gasteiger partial charge in [-0.25, -0.2) is 4.79 Å². The number of hydrogen-bond donors (Lipinski definition) is 1. The topological polar surface area (TPSA) is 64.6 Å². The molecule has 23 heavy (non-hydrogen) atoms. The van der Waals surface area contributed by atoms with E-state index >= 15 is 0 Å². The quantitative estimate of drug-likeness (QED) is 0.817. The Morgan fingerprint density at radius 3 is 2.61 bits per heavy atom. The van der Waals surface area contributed by atoms with Gasteiger partial charge in [-0.1, -0.05) is 12.1 Å². The molecule has 1 aromatic carbocycles. The Hall–Kier alpha value is -2.48. The molecular weight excluding hydrogens is 328 g/mol. The zero-order valence-corrected chi connectivity index (χ0v) is 12.8. The van der Waals surface area contributed by atoms with Gasteiger partial charge in [0.05, 0.1) is 11.3 Å². The van der Waals surface area contributed by atoms with Gasteiger partial charge >= 0.3 is 12.6 Å². The van der Waals surface area contributed by atoms with Gasteiger partial charge in [-0.05, 0) is 30.5 Å². The fourth-order valence-corrected chi connectivity index (χ4v) is 2.29. The van der Waals surface area contributed by atoms with E-state index in [1.807, 2.05) is 0 Å². The summed E-state index contributed by atoms with van der Waals surface area (Å²) < 4.78 is 34.0. The van der Waals surface area contributed by atoms with Crippen LogP contribution in [0.2, 0.25) is 0 Å². The molecule has 0 spiro atoms. The first-order chi connectivity index (χ1) is 11.0. The Kier molecular flexibility index (Phi) is 5.64. The standard InChI is InChI=1S/C15H13F2NO4S/c1-9(21-14(20)10-6-7-23-8-10)13(19)18-11-4-2-3-5-12(11)22-15(16)17/h2-9,15H,1H3,(H,18,19)/t9-/m0/s1. The second-order valence-corrected chi connectivity index (χ2v) is 5.20. The Balaban J connectivity index is 2.00. The second-order valence-electron chi connectivity index (χ2n) is 4.42. The van der Waals surface area contributed by atoms with Crippen molar-refractivity contribution >= 4 is 28.9 Å². The van der Waals surface area contributed by atoms with Crippen LogP contribution in [0, 0.1) is 0 Å². The number of anilines is 1. The van der Waals surface area contributed by atoms with Crippen molar-refractivity contribution in [2.75, 3.05) is 5.32 Å². The van der Waals surface area contributed by atoms with E-state index < -0.39 is 24.6 Å². The average Bonchev–Trinajstić information content (AvgIpc) is 3.03. The van der Waals surface area contributed by atoms with E-state index in [1.165, 1.54) is 36.5 Å². The largest absolute Gasteiger partial charge is 0.449 e.